The lowest BCUT2D eigenvalue weighted by Crippen LogP contribution is -2.30. The van der Waals surface area contributed by atoms with Gasteiger partial charge in [0.15, 0.2) is 5.69 Å². The van der Waals surface area contributed by atoms with Crippen LogP contribution in [0.25, 0.3) is 0 Å². The molecule has 1 unspecified atom stereocenters. The van der Waals surface area contributed by atoms with Crippen LogP contribution in [0, 0.1) is 0 Å². The molecular weight excluding hydrogens is 262 g/mol. The fraction of sp³-hybridized carbons (Fsp3) is 0.333. The second kappa shape index (κ2) is 4.80. The number of aromatic carboxylic acids is 1. The van der Waals surface area contributed by atoms with E-state index >= 15 is 0 Å². The van der Waals surface area contributed by atoms with E-state index in [0.29, 0.717) is 6.54 Å². The molecule has 1 fully saturated rings. The number of hydrogen-bond donors (Lipinski definition) is 3. The number of aromatic amines is 2. The van der Waals surface area contributed by atoms with Crippen molar-refractivity contribution in [2.24, 2.45) is 0 Å². The number of carbonyl (C=O) groups excluding carboxylic acids is 1. The highest BCUT2D eigenvalue weighted by atomic mass is 16.4. The van der Waals surface area contributed by atoms with Gasteiger partial charge in [-0.15, -0.1) is 0 Å². The number of likely N-dealkylation sites (tertiary alicyclic amines) is 1. The van der Waals surface area contributed by atoms with E-state index < -0.39 is 5.97 Å². The van der Waals surface area contributed by atoms with Gasteiger partial charge in [0.1, 0.15) is 5.69 Å². The van der Waals surface area contributed by atoms with Crippen molar-refractivity contribution in [3.8, 4) is 0 Å². The Bertz CT molecular complexity index is 633. The topological polar surface area (TPSA) is 115 Å². The number of aromatic nitrogens is 4. The minimum absolute atomic E-state index is 0.0359. The zero-order chi connectivity index (χ0) is 14.1. The van der Waals surface area contributed by atoms with Gasteiger partial charge in [0.2, 0.25) is 0 Å². The summed E-state index contributed by atoms with van der Waals surface area (Å²) >= 11 is 0. The van der Waals surface area contributed by atoms with Crippen LogP contribution in [-0.2, 0) is 0 Å². The fourth-order valence-electron chi connectivity index (χ4n) is 2.49. The first-order valence-electron chi connectivity index (χ1n) is 6.25. The Morgan fingerprint density at radius 1 is 1.45 bits per heavy atom. The Labute approximate surface area is 113 Å². The molecular formula is C12H13N5O3. The number of rotatable bonds is 3. The average molecular weight is 275 g/mol. The van der Waals surface area contributed by atoms with E-state index in [-0.39, 0.29) is 23.3 Å². The molecule has 1 atom stereocenters. The van der Waals surface area contributed by atoms with Gasteiger partial charge in [-0.2, -0.15) is 10.2 Å². The third-order valence-corrected chi connectivity index (χ3v) is 3.45. The maximum absolute atomic E-state index is 12.4. The van der Waals surface area contributed by atoms with Gasteiger partial charge in [-0.3, -0.25) is 15.0 Å². The number of carboxylic acid groups (broad SMARTS) is 1. The zero-order valence-corrected chi connectivity index (χ0v) is 10.5. The molecule has 0 aromatic carbocycles. The third kappa shape index (κ3) is 2.04. The average Bonchev–Trinajstić information content (AvgIpc) is 3.17. The lowest BCUT2D eigenvalue weighted by atomic mass is 10.1. The lowest BCUT2D eigenvalue weighted by molar-refractivity contribution is 0.0689. The Hall–Kier alpha value is -2.64. The van der Waals surface area contributed by atoms with Crippen molar-refractivity contribution in [1.82, 2.24) is 25.3 Å². The van der Waals surface area contributed by atoms with E-state index in [0.717, 1.165) is 18.4 Å². The van der Waals surface area contributed by atoms with Gasteiger partial charge in [-0.1, -0.05) is 0 Å². The van der Waals surface area contributed by atoms with Gasteiger partial charge in [0.25, 0.3) is 5.91 Å². The standard InChI is InChI=1S/C12H13N5O3/c18-11(8-4-9(12(19)20)16-15-8)17-3-1-2-10(17)7-5-13-14-6-7/h4-6,10H,1-3H2,(H,13,14)(H,15,16)(H,19,20). The quantitative estimate of drug-likeness (QED) is 0.766. The Balaban J connectivity index is 1.83. The van der Waals surface area contributed by atoms with E-state index in [9.17, 15) is 9.59 Å². The first-order valence-corrected chi connectivity index (χ1v) is 6.25. The highest BCUT2D eigenvalue weighted by molar-refractivity contribution is 5.95. The largest absolute Gasteiger partial charge is 0.477 e. The molecule has 8 nitrogen and oxygen atoms in total. The molecule has 0 bridgehead atoms. The van der Waals surface area contributed by atoms with E-state index in [4.69, 9.17) is 5.11 Å². The summed E-state index contributed by atoms with van der Waals surface area (Å²) in [6.45, 7) is 0.629. The molecule has 0 saturated carbocycles. The van der Waals surface area contributed by atoms with Crippen LogP contribution in [0.1, 0.15) is 45.4 Å². The van der Waals surface area contributed by atoms with Gasteiger partial charge in [0, 0.05) is 24.4 Å². The number of carboxylic acids is 1. The molecule has 2 aromatic heterocycles. The van der Waals surface area contributed by atoms with Crippen molar-refractivity contribution in [2.75, 3.05) is 6.54 Å². The van der Waals surface area contributed by atoms with Crippen LogP contribution < -0.4 is 0 Å². The summed E-state index contributed by atoms with van der Waals surface area (Å²) in [5.41, 5.74) is 0.982. The molecule has 1 saturated heterocycles. The van der Waals surface area contributed by atoms with Crippen LogP contribution in [0.4, 0.5) is 0 Å². The van der Waals surface area contributed by atoms with Crippen molar-refractivity contribution in [2.45, 2.75) is 18.9 Å². The van der Waals surface area contributed by atoms with Crippen LogP contribution >= 0.6 is 0 Å². The predicted octanol–water partition coefficient (Wildman–Crippen LogP) is 0.808. The van der Waals surface area contributed by atoms with Gasteiger partial charge in [-0.25, -0.2) is 4.79 Å². The molecule has 0 radical (unpaired) electrons. The molecule has 0 spiro atoms. The van der Waals surface area contributed by atoms with E-state index in [2.05, 4.69) is 20.4 Å². The number of carbonyl (C=O) groups is 2. The second-order valence-corrected chi connectivity index (χ2v) is 4.66. The van der Waals surface area contributed by atoms with E-state index in [1.165, 1.54) is 6.07 Å². The lowest BCUT2D eigenvalue weighted by Gasteiger charge is -2.22. The molecule has 20 heavy (non-hydrogen) atoms. The van der Waals surface area contributed by atoms with Crippen LogP contribution in [0.3, 0.4) is 0 Å². The summed E-state index contributed by atoms with van der Waals surface area (Å²) in [4.78, 5) is 24.9. The molecule has 2 aromatic rings. The zero-order valence-electron chi connectivity index (χ0n) is 10.5. The summed E-state index contributed by atoms with van der Waals surface area (Å²) in [5.74, 6) is -1.40. The van der Waals surface area contributed by atoms with Crippen molar-refractivity contribution >= 4 is 11.9 Å². The molecule has 104 valence electrons. The summed E-state index contributed by atoms with van der Waals surface area (Å²) in [5, 5.41) is 21.6. The SMILES string of the molecule is O=C(O)c1cc(C(=O)N2CCCC2c2cn[nH]c2)n[nH]1. The van der Waals surface area contributed by atoms with Crippen molar-refractivity contribution in [1.29, 1.82) is 0 Å². The predicted molar refractivity (Wildman–Crippen MR) is 67.1 cm³/mol. The number of nitrogens with zero attached hydrogens (tertiary/aromatic N) is 3. The minimum atomic E-state index is -1.13. The van der Waals surface area contributed by atoms with Crippen molar-refractivity contribution in [3.05, 3.63) is 35.4 Å². The molecule has 1 aliphatic rings. The van der Waals surface area contributed by atoms with Crippen molar-refractivity contribution < 1.29 is 14.7 Å². The third-order valence-electron chi connectivity index (χ3n) is 3.45. The highest BCUT2D eigenvalue weighted by Gasteiger charge is 2.32. The van der Waals surface area contributed by atoms with E-state index in [1.807, 2.05) is 0 Å². The number of hydrogen-bond acceptors (Lipinski definition) is 4. The molecule has 3 rings (SSSR count). The molecule has 8 heteroatoms. The number of amides is 1. The Morgan fingerprint density at radius 2 is 2.30 bits per heavy atom. The van der Waals surface area contributed by atoms with Gasteiger partial charge < -0.3 is 10.0 Å². The Morgan fingerprint density at radius 3 is 2.95 bits per heavy atom. The van der Waals surface area contributed by atoms with E-state index in [1.54, 1.807) is 17.3 Å². The van der Waals surface area contributed by atoms with Crippen LogP contribution in [0.2, 0.25) is 0 Å². The maximum Gasteiger partial charge on any atom is 0.353 e. The smallest absolute Gasteiger partial charge is 0.353 e. The maximum atomic E-state index is 12.4. The summed E-state index contributed by atoms with van der Waals surface area (Å²) in [6.07, 6.45) is 5.23. The monoisotopic (exact) mass is 275 g/mol. The van der Waals surface area contributed by atoms with Gasteiger partial charge >= 0.3 is 5.97 Å². The highest BCUT2D eigenvalue weighted by Crippen LogP contribution is 2.32. The normalized spacial score (nSPS) is 18.4. The van der Waals surface area contributed by atoms with Crippen LogP contribution in [0.5, 0.6) is 0 Å². The minimum Gasteiger partial charge on any atom is -0.477 e. The molecule has 1 aliphatic heterocycles. The van der Waals surface area contributed by atoms with Crippen molar-refractivity contribution in [3.63, 3.8) is 0 Å². The van der Waals surface area contributed by atoms with Crippen LogP contribution in [0.15, 0.2) is 18.5 Å². The second-order valence-electron chi connectivity index (χ2n) is 4.66. The first kappa shape index (κ1) is 12.4. The molecule has 3 heterocycles. The van der Waals surface area contributed by atoms with Crippen LogP contribution in [-0.4, -0.2) is 48.8 Å². The summed E-state index contributed by atoms with van der Waals surface area (Å²) in [7, 11) is 0. The van der Waals surface area contributed by atoms with Gasteiger partial charge in [0.05, 0.1) is 12.2 Å². The summed E-state index contributed by atoms with van der Waals surface area (Å²) < 4.78 is 0. The molecule has 3 N–H and O–H groups in total. The molecule has 1 amide bonds. The molecule has 0 aliphatic carbocycles. The number of nitrogens with one attached hydrogen (secondary N) is 2. The number of H-pyrrole nitrogens is 2. The first-order chi connectivity index (χ1) is 9.66. The Kier molecular flexibility index (Phi) is 2.97. The summed E-state index contributed by atoms with van der Waals surface area (Å²) in [6, 6.07) is 1.22. The van der Waals surface area contributed by atoms with Gasteiger partial charge in [-0.05, 0) is 12.8 Å². The fourth-order valence-corrected chi connectivity index (χ4v) is 2.49.